The Hall–Kier alpha value is -2.35. The lowest BCUT2D eigenvalue weighted by Gasteiger charge is -2.30. The Bertz CT molecular complexity index is 1100. The molecule has 0 radical (unpaired) electrons. The van der Waals surface area contributed by atoms with E-state index in [1.54, 1.807) is 7.05 Å². The second kappa shape index (κ2) is 6.12. The summed E-state index contributed by atoms with van der Waals surface area (Å²) in [5, 5.41) is 0. The number of aromatic amines is 1. The fourth-order valence-electron chi connectivity index (χ4n) is 4.18. The summed E-state index contributed by atoms with van der Waals surface area (Å²) in [7, 11) is 1.63. The molecule has 1 aliphatic rings. The van der Waals surface area contributed by atoms with E-state index in [0.717, 1.165) is 49.3 Å². The number of H-pyrrole nitrogens is 1. The van der Waals surface area contributed by atoms with Gasteiger partial charge in [0.1, 0.15) is 0 Å². The topological polar surface area (TPSA) is 80.3 Å². The molecule has 1 atom stereocenters. The molecule has 4 heterocycles. The molecule has 0 amide bonds. The lowest BCUT2D eigenvalue weighted by Crippen LogP contribution is -2.36. The summed E-state index contributed by atoms with van der Waals surface area (Å²) in [6.07, 6.45) is 2.57. The molecule has 1 fully saturated rings. The Morgan fingerprint density at radius 2 is 1.96 bits per heavy atom. The Morgan fingerprint density at radius 1 is 1.19 bits per heavy atom. The second-order valence-electron chi connectivity index (χ2n) is 7.61. The third-order valence-electron chi connectivity index (χ3n) is 5.79. The quantitative estimate of drug-likeness (QED) is 0.758. The van der Waals surface area contributed by atoms with Crippen molar-refractivity contribution in [2.75, 3.05) is 19.6 Å². The summed E-state index contributed by atoms with van der Waals surface area (Å²) in [6.45, 7) is 10.4. The summed E-state index contributed by atoms with van der Waals surface area (Å²) < 4.78 is 5.44. The number of piperidine rings is 1. The van der Waals surface area contributed by atoms with Gasteiger partial charge in [0.25, 0.3) is 5.56 Å². The minimum atomic E-state index is -0.438. The molecular weight excluding hydrogens is 332 g/mol. The van der Waals surface area contributed by atoms with Gasteiger partial charge < -0.3 is 9.47 Å². The van der Waals surface area contributed by atoms with Gasteiger partial charge >= 0.3 is 5.69 Å². The Balaban J connectivity index is 1.80. The Labute approximate surface area is 151 Å². The number of fused-ring (bicyclic) bond motifs is 3. The van der Waals surface area contributed by atoms with Gasteiger partial charge in [-0.05, 0) is 39.2 Å². The van der Waals surface area contributed by atoms with Crippen molar-refractivity contribution in [2.45, 2.75) is 40.2 Å². The molecule has 0 bridgehead atoms. The molecule has 0 spiro atoms. The number of imidazole rings is 2. The van der Waals surface area contributed by atoms with Gasteiger partial charge in [-0.25, -0.2) is 4.79 Å². The fraction of sp³-hybridized carbons (Fsp3) is 0.611. The first kappa shape index (κ1) is 17.1. The van der Waals surface area contributed by atoms with E-state index >= 15 is 0 Å². The summed E-state index contributed by atoms with van der Waals surface area (Å²) >= 11 is 0. The molecule has 1 aliphatic heterocycles. The van der Waals surface area contributed by atoms with Crippen LogP contribution in [0, 0.1) is 19.8 Å². The molecule has 0 aromatic carbocycles. The first-order valence-electron chi connectivity index (χ1n) is 9.28. The van der Waals surface area contributed by atoms with E-state index < -0.39 is 5.69 Å². The Morgan fingerprint density at radius 3 is 2.69 bits per heavy atom. The van der Waals surface area contributed by atoms with Gasteiger partial charge in [-0.1, -0.05) is 6.92 Å². The van der Waals surface area contributed by atoms with Crippen LogP contribution in [0.1, 0.15) is 31.2 Å². The van der Waals surface area contributed by atoms with Gasteiger partial charge in [-0.2, -0.15) is 4.98 Å². The van der Waals surface area contributed by atoms with Crippen LogP contribution < -0.4 is 11.2 Å². The number of hydrogen-bond donors (Lipinski definition) is 1. The average Bonchev–Trinajstić information content (AvgIpc) is 3.09. The molecule has 0 unspecified atom stereocenters. The highest BCUT2D eigenvalue weighted by Crippen LogP contribution is 2.21. The van der Waals surface area contributed by atoms with Gasteiger partial charge in [-0.3, -0.25) is 18.7 Å². The van der Waals surface area contributed by atoms with Crippen LogP contribution in [-0.2, 0) is 13.6 Å². The normalized spacial score (nSPS) is 19.0. The number of nitrogens with zero attached hydrogens (tertiary/aromatic N) is 5. The van der Waals surface area contributed by atoms with Crippen molar-refractivity contribution < 1.29 is 0 Å². The first-order chi connectivity index (χ1) is 12.4. The molecule has 4 rings (SSSR count). The van der Waals surface area contributed by atoms with Crippen molar-refractivity contribution >= 4 is 16.9 Å². The minimum absolute atomic E-state index is 0.388. The Kier molecular flexibility index (Phi) is 4.02. The van der Waals surface area contributed by atoms with E-state index in [1.807, 2.05) is 11.3 Å². The van der Waals surface area contributed by atoms with Crippen molar-refractivity contribution in [1.29, 1.82) is 0 Å². The highest BCUT2D eigenvalue weighted by molar-refractivity contribution is 5.76. The zero-order chi connectivity index (χ0) is 18.6. The predicted molar refractivity (Wildman–Crippen MR) is 101 cm³/mol. The van der Waals surface area contributed by atoms with Crippen LogP contribution in [0.15, 0.2) is 9.59 Å². The highest BCUT2D eigenvalue weighted by atomic mass is 16.2. The standard InChI is InChI=1S/C18H26N6O2/c1-11-6-5-7-22(10-11)8-9-23-12(2)13(3)24-14-15(19-17(23)24)21(4)18(26)20-16(14)25/h11H,5-10H2,1-4H3,(H,20,25,26)/t11-/m0/s1. The molecule has 8 heteroatoms. The van der Waals surface area contributed by atoms with E-state index in [4.69, 9.17) is 0 Å². The maximum atomic E-state index is 12.4. The van der Waals surface area contributed by atoms with Gasteiger partial charge in [0, 0.05) is 38.1 Å². The van der Waals surface area contributed by atoms with Crippen LogP contribution in [0.2, 0.25) is 0 Å². The van der Waals surface area contributed by atoms with Crippen molar-refractivity contribution in [3.63, 3.8) is 0 Å². The number of aryl methyl sites for hydroxylation is 2. The first-order valence-corrected chi connectivity index (χ1v) is 9.28. The average molecular weight is 358 g/mol. The molecule has 3 aromatic rings. The maximum Gasteiger partial charge on any atom is 0.329 e. The molecule has 1 N–H and O–H groups in total. The minimum Gasteiger partial charge on any atom is -0.313 e. The lowest BCUT2D eigenvalue weighted by atomic mass is 10.0. The van der Waals surface area contributed by atoms with Gasteiger partial charge in [0.05, 0.1) is 0 Å². The van der Waals surface area contributed by atoms with Crippen molar-refractivity contribution in [2.24, 2.45) is 13.0 Å². The highest BCUT2D eigenvalue weighted by Gasteiger charge is 2.21. The maximum absolute atomic E-state index is 12.4. The molecule has 1 saturated heterocycles. The van der Waals surface area contributed by atoms with Crippen molar-refractivity contribution in [1.82, 2.24) is 28.4 Å². The molecular formula is C18H26N6O2. The van der Waals surface area contributed by atoms with E-state index in [9.17, 15) is 9.59 Å². The fourth-order valence-corrected chi connectivity index (χ4v) is 4.18. The summed E-state index contributed by atoms with van der Waals surface area (Å²) in [6, 6.07) is 0. The SMILES string of the molecule is Cc1c(C)n2c3c(=O)[nH]c(=O)n(C)c3nc2n1CCN1CCC[C@H](C)C1. The van der Waals surface area contributed by atoms with Crippen LogP contribution >= 0.6 is 0 Å². The number of rotatable bonds is 3. The van der Waals surface area contributed by atoms with Crippen LogP contribution in [0.4, 0.5) is 0 Å². The molecule has 0 saturated carbocycles. The summed E-state index contributed by atoms with van der Waals surface area (Å²) in [4.78, 5) is 33.8. The van der Waals surface area contributed by atoms with Crippen LogP contribution in [0.5, 0.6) is 0 Å². The van der Waals surface area contributed by atoms with E-state index in [2.05, 4.69) is 33.3 Å². The van der Waals surface area contributed by atoms with Crippen molar-refractivity contribution in [3.05, 3.63) is 32.2 Å². The second-order valence-corrected chi connectivity index (χ2v) is 7.61. The van der Waals surface area contributed by atoms with Gasteiger partial charge in [0.15, 0.2) is 11.2 Å². The van der Waals surface area contributed by atoms with E-state index in [0.29, 0.717) is 11.2 Å². The smallest absolute Gasteiger partial charge is 0.313 e. The van der Waals surface area contributed by atoms with Crippen molar-refractivity contribution in [3.8, 4) is 0 Å². The van der Waals surface area contributed by atoms with Gasteiger partial charge in [-0.15, -0.1) is 0 Å². The molecule has 8 nitrogen and oxygen atoms in total. The van der Waals surface area contributed by atoms with Gasteiger partial charge in [0.2, 0.25) is 5.78 Å². The summed E-state index contributed by atoms with van der Waals surface area (Å²) in [5.41, 5.74) is 2.13. The monoisotopic (exact) mass is 358 g/mol. The third-order valence-corrected chi connectivity index (χ3v) is 5.79. The molecule has 3 aromatic heterocycles. The number of aromatic nitrogens is 5. The zero-order valence-electron chi connectivity index (χ0n) is 15.9. The molecule has 26 heavy (non-hydrogen) atoms. The van der Waals surface area contributed by atoms with Crippen LogP contribution in [0.25, 0.3) is 16.9 Å². The largest absolute Gasteiger partial charge is 0.329 e. The zero-order valence-corrected chi connectivity index (χ0v) is 15.9. The van der Waals surface area contributed by atoms with E-state index in [-0.39, 0.29) is 5.56 Å². The molecule has 0 aliphatic carbocycles. The number of nitrogens with one attached hydrogen (secondary N) is 1. The number of likely N-dealkylation sites (tertiary alicyclic amines) is 1. The third kappa shape index (κ3) is 2.51. The van der Waals surface area contributed by atoms with Crippen LogP contribution in [0.3, 0.4) is 0 Å². The van der Waals surface area contributed by atoms with E-state index in [1.165, 1.54) is 17.4 Å². The lowest BCUT2D eigenvalue weighted by molar-refractivity contribution is 0.178. The summed E-state index contributed by atoms with van der Waals surface area (Å²) in [5.74, 6) is 1.48. The number of hydrogen-bond acceptors (Lipinski definition) is 4. The molecule has 140 valence electrons. The van der Waals surface area contributed by atoms with Crippen LogP contribution in [-0.4, -0.2) is 48.0 Å². The predicted octanol–water partition coefficient (Wildman–Crippen LogP) is 1.02.